The molecule has 1 aliphatic heterocycles. The van der Waals surface area contributed by atoms with Crippen molar-refractivity contribution in [2.24, 2.45) is 5.41 Å². The van der Waals surface area contributed by atoms with Gasteiger partial charge in [-0.05, 0) is 29.5 Å². The van der Waals surface area contributed by atoms with Crippen molar-refractivity contribution >= 4 is 22.6 Å². The molecule has 0 aliphatic carbocycles. The van der Waals surface area contributed by atoms with Crippen molar-refractivity contribution in [1.82, 2.24) is 29.5 Å². The Bertz CT molecular complexity index is 1170. The molecular formula is C21H22N6O. The van der Waals surface area contributed by atoms with E-state index in [0.29, 0.717) is 12.3 Å². The summed E-state index contributed by atoms with van der Waals surface area (Å²) in [5, 5.41) is 5.59. The highest BCUT2D eigenvalue weighted by Gasteiger charge is 2.41. The molecule has 0 bridgehead atoms. The number of para-hydroxylation sites is 1. The predicted molar refractivity (Wildman–Crippen MR) is 106 cm³/mol. The van der Waals surface area contributed by atoms with Gasteiger partial charge < -0.3 is 9.88 Å². The predicted octanol–water partition coefficient (Wildman–Crippen LogP) is 3.39. The Morgan fingerprint density at radius 1 is 1.21 bits per heavy atom. The Morgan fingerprint density at radius 2 is 2.04 bits per heavy atom. The summed E-state index contributed by atoms with van der Waals surface area (Å²) in [4.78, 5) is 27.4. The van der Waals surface area contributed by atoms with Crippen molar-refractivity contribution in [3.63, 3.8) is 0 Å². The van der Waals surface area contributed by atoms with E-state index < -0.39 is 0 Å². The molecule has 1 unspecified atom stereocenters. The Hall–Kier alpha value is -3.22. The van der Waals surface area contributed by atoms with Crippen LogP contribution >= 0.6 is 0 Å². The van der Waals surface area contributed by atoms with Crippen LogP contribution in [0.15, 0.2) is 42.7 Å². The van der Waals surface area contributed by atoms with Crippen LogP contribution in [0.2, 0.25) is 0 Å². The summed E-state index contributed by atoms with van der Waals surface area (Å²) in [5.41, 5.74) is 3.40. The standard InChI is InChI=1S/C21H22N6O/c1-21(2,3)17-16-14(13-7-4-5-8-15(13)23-16)9-12-26(17)19(28)18-24-20-22-10-6-11-27(20)25-18/h4-8,10-11,17,23H,9,12H2,1-3H3. The molecule has 0 fully saturated rings. The fourth-order valence-corrected chi connectivity index (χ4v) is 4.31. The van der Waals surface area contributed by atoms with Crippen LogP contribution in [0.25, 0.3) is 16.7 Å². The number of carbonyl (C=O) groups excluding carboxylic acids is 1. The first kappa shape index (κ1) is 16.9. The van der Waals surface area contributed by atoms with Gasteiger partial charge in [0.15, 0.2) is 0 Å². The Labute approximate surface area is 162 Å². The average molecular weight is 374 g/mol. The zero-order valence-electron chi connectivity index (χ0n) is 16.2. The molecule has 0 saturated heterocycles. The number of fused-ring (bicyclic) bond motifs is 4. The zero-order chi connectivity index (χ0) is 19.5. The minimum atomic E-state index is -0.158. The van der Waals surface area contributed by atoms with Crippen molar-refractivity contribution in [2.45, 2.75) is 33.2 Å². The zero-order valence-corrected chi connectivity index (χ0v) is 16.2. The number of nitrogens with zero attached hydrogens (tertiary/aromatic N) is 5. The van der Waals surface area contributed by atoms with Crippen LogP contribution in [0.3, 0.4) is 0 Å². The Balaban J connectivity index is 1.61. The van der Waals surface area contributed by atoms with Crippen molar-refractivity contribution in [2.75, 3.05) is 6.54 Å². The lowest BCUT2D eigenvalue weighted by atomic mass is 9.79. The second kappa shape index (κ2) is 5.89. The van der Waals surface area contributed by atoms with Crippen molar-refractivity contribution in [1.29, 1.82) is 0 Å². The summed E-state index contributed by atoms with van der Waals surface area (Å²) in [6, 6.07) is 10.0. The van der Waals surface area contributed by atoms with Gasteiger partial charge in [-0.2, -0.15) is 4.98 Å². The third-order valence-electron chi connectivity index (χ3n) is 5.42. The lowest BCUT2D eigenvalue weighted by molar-refractivity contribution is 0.0463. The number of amides is 1. The highest BCUT2D eigenvalue weighted by atomic mass is 16.2. The maximum atomic E-state index is 13.4. The summed E-state index contributed by atoms with van der Waals surface area (Å²) in [7, 11) is 0. The first-order valence-electron chi connectivity index (χ1n) is 9.51. The summed E-state index contributed by atoms with van der Waals surface area (Å²) >= 11 is 0. The van der Waals surface area contributed by atoms with Crippen LogP contribution in [0.5, 0.6) is 0 Å². The lowest BCUT2D eigenvalue weighted by Gasteiger charge is -2.42. The fourth-order valence-electron chi connectivity index (χ4n) is 4.31. The first-order chi connectivity index (χ1) is 13.4. The van der Waals surface area contributed by atoms with E-state index in [0.717, 1.165) is 17.6 Å². The summed E-state index contributed by atoms with van der Waals surface area (Å²) < 4.78 is 1.54. The number of rotatable bonds is 1. The van der Waals surface area contributed by atoms with Gasteiger partial charge in [-0.1, -0.05) is 39.0 Å². The van der Waals surface area contributed by atoms with Gasteiger partial charge >= 0.3 is 0 Å². The van der Waals surface area contributed by atoms with E-state index in [1.165, 1.54) is 15.5 Å². The van der Waals surface area contributed by atoms with E-state index in [4.69, 9.17) is 0 Å². The van der Waals surface area contributed by atoms with Crippen LogP contribution in [0.1, 0.15) is 48.7 Å². The largest absolute Gasteiger partial charge is 0.356 e. The smallest absolute Gasteiger partial charge is 0.294 e. The Kier molecular flexibility index (Phi) is 3.56. The van der Waals surface area contributed by atoms with Crippen LogP contribution in [-0.4, -0.2) is 41.9 Å². The van der Waals surface area contributed by atoms with Gasteiger partial charge in [-0.3, -0.25) is 4.79 Å². The van der Waals surface area contributed by atoms with Crippen molar-refractivity contribution in [3.05, 3.63) is 59.8 Å². The molecule has 1 aliphatic rings. The molecule has 1 amide bonds. The molecule has 3 aromatic heterocycles. The van der Waals surface area contributed by atoms with E-state index in [2.05, 4.69) is 59.0 Å². The number of hydrogen-bond donors (Lipinski definition) is 1. The van der Waals surface area contributed by atoms with Gasteiger partial charge in [0.25, 0.3) is 11.7 Å². The minimum absolute atomic E-state index is 0.0873. The van der Waals surface area contributed by atoms with Gasteiger partial charge in [-0.15, -0.1) is 5.10 Å². The third-order valence-corrected chi connectivity index (χ3v) is 5.42. The number of nitrogens with one attached hydrogen (secondary N) is 1. The lowest BCUT2D eigenvalue weighted by Crippen LogP contribution is -2.45. The topological polar surface area (TPSA) is 79.2 Å². The molecule has 7 heteroatoms. The van der Waals surface area contributed by atoms with Gasteiger partial charge in [0.2, 0.25) is 5.82 Å². The summed E-state index contributed by atoms with van der Waals surface area (Å²) in [5.74, 6) is 0.462. The fraction of sp³-hybridized carbons (Fsp3) is 0.333. The van der Waals surface area contributed by atoms with Crippen molar-refractivity contribution < 1.29 is 4.79 Å². The molecule has 4 aromatic rings. The SMILES string of the molecule is CC(C)(C)C1c2[nH]c3ccccc3c2CCN1C(=O)c1nc2ncccn2n1. The molecule has 7 nitrogen and oxygen atoms in total. The number of aromatic nitrogens is 5. The first-order valence-corrected chi connectivity index (χ1v) is 9.51. The molecular weight excluding hydrogens is 352 g/mol. The maximum absolute atomic E-state index is 13.4. The number of aromatic amines is 1. The van der Waals surface area contributed by atoms with Crippen LogP contribution in [0, 0.1) is 5.41 Å². The van der Waals surface area contributed by atoms with Crippen LogP contribution < -0.4 is 0 Å². The number of benzene rings is 1. The quantitative estimate of drug-likeness (QED) is 0.554. The summed E-state index contributed by atoms with van der Waals surface area (Å²) in [6.45, 7) is 7.13. The average Bonchev–Trinajstić information content (AvgIpc) is 3.27. The molecule has 142 valence electrons. The highest BCUT2D eigenvalue weighted by Crippen LogP contribution is 2.44. The van der Waals surface area contributed by atoms with Gasteiger partial charge in [0.05, 0.1) is 6.04 Å². The van der Waals surface area contributed by atoms with Crippen LogP contribution in [0.4, 0.5) is 0 Å². The molecule has 0 spiro atoms. The van der Waals surface area contributed by atoms with Gasteiger partial charge in [-0.25, -0.2) is 9.50 Å². The van der Waals surface area contributed by atoms with E-state index in [1.54, 1.807) is 18.5 Å². The van der Waals surface area contributed by atoms with E-state index in [-0.39, 0.29) is 23.2 Å². The second-order valence-corrected chi connectivity index (χ2v) is 8.38. The van der Waals surface area contributed by atoms with E-state index >= 15 is 0 Å². The van der Waals surface area contributed by atoms with Crippen molar-refractivity contribution in [3.8, 4) is 0 Å². The molecule has 1 aromatic carbocycles. The molecule has 1 N–H and O–H groups in total. The third kappa shape index (κ3) is 2.50. The summed E-state index contributed by atoms with van der Waals surface area (Å²) in [6.07, 6.45) is 4.20. The molecule has 0 radical (unpaired) electrons. The molecule has 0 saturated carbocycles. The molecule has 1 atom stereocenters. The van der Waals surface area contributed by atoms with E-state index in [1.807, 2.05) is 11.0 Å². The monoisotopic (exact) mass is 374 g/mol. The minimum Gasteiger partial charge on any atom is -0.356 e. The van der Waals surface area contributed by atoms with Gasteiger partial charge in [0.1, 0.15) is 0 Å². The number of H-pyrrole nitrogens is 1. The van der Waals surface area contributed by atoms with E-state index in [9.17, 15) is 4.79 Å². The number of carbonyl (C=O) groups is 1. The highest BCUT2D eigenvalue weighted by molar-refractivity contribution is 5.92. The molecule has 4 heterocycles. The molecule has 28 heavy (non-hydrogen) atoms. The molecule has 5 rings (SSSR count). The maximum Gasteiger partial charge on any atom is 0.294 e. The second-order valence-electron chi connectivity index (χ2n) is 8.38. The normalized spacial score (nSPS) is 17.2. The Morgan fingerprint density at radius 3 is 2.82 bits per heavy atom. The van der Waals surface area contributed by atoms with Gasteiger partial charge in [0, 0.05) is 35.5 Å². The number of hydrogen-bond acceptors (Lipinski definition) is 4. The van der Waals surface area contributed by atoms with Crippen LogP contribution in [-0.2, 0) is 6.42 Å².